The maximum atomic E-state index is 11.7. The van der Waals surface area contributed by atoms with Crippen molar-refractivity contribution in [2.45, 2.75) is 6.54 Å². The van der Waals surface area contributed by atoms with E-state index in [-0.39, 0.29) is 5.91 Å². The number of carbonyl (C=O) groups is 1. The lowest BCUT2D eigenvalue weighted by molar-refractivity contribution is 0.0963. The van der Waals surface area contributed by atoms with E-state index < -0.39 is 0 Å². The van der Waals surface area contributed by atoms with Gasteiger partial charge in [-0.15, -0.1) is 0 Å². The Morgan fingerprint density at radius 1 is 1.17 bits per heavy atom. The molecule has 4 rings (SSSR count). The molecule has 0 unspecified atom stereocenters. The predicted molar refractivity (Wildman–Crippen MR) is 123 cm³/mol. The molecule has 0 radical (unpaired) electrons. The van der Waals surface area contributed by atoms with Gasteiger partial charge >= 0.3 is 0 Å². The van der Waals surface area contributed by atoms with Gasteiger partial charge in [0.25, 0.3) is 5.91 Å². The molecule has 2 heterocycles. The van der Waals surface area contributed by atoms with Gasteiger partial charge in [-0.05, 0) is 41.5 Å². The molecular formula is C23H18ClN3O2S. The average molecular weight is 436 g/mol. The Labute approximate surface area is 185 Å². The second kappa shape index (κ2) is 8.65. The molecule has 0 atom stereocenters. The molecule has 0 saturated heterocycles. The van der Waals surface area contributed by atoms with Crippen LogP contribution in [0.15, 0.2) is 72.8 Å². The van der Waals surface area contributed by atoms with Crippen LogP contribution in [0, 0.1) is 0 Å². The minimum Gasteiger partial charge on any atom is -0.452 e. The fourth-order valence-corrected chi connectivity index (χ4v) is 3.50. The molecule has 0 spiro atoms. The zero-order valence-electron chi connectivity index (χ0n) is 16.1. The molecule has 150 valence electrons. The van der Waals surface area contributed by atoms with Crippen LogP contribution in [0.3, 0.4) is 0 Å². The minimum atomic E-state index is -0.130. The molecule has 1 aromatic heterocycles. The Morgan fingerprint density at radius 3 is 2.60 bits per heavy atom. The molecule has 0 bridgehead atoms. The van der Waals surface area contributed by atoms with Crippen LogP contribution in [-0.4, -0.2) is 22.9 Å². The fourth-order valence-electron chi connectivity index (χ4n) is 3.11. The Bertz CT molecular complexity index is 1130. The number of hydrogen-bond acceptors (Lipinski definition) is 4. The van der Waals surface area contributed by atoms with Crippen LogP contribution < -0.4 is 15.0 Å². The van der Waals surface area contributed by atoms with E-state index in [0.29, 0.717) is 33.6 Å². The first-order chi connectivity index (χ1) is 14.5. The second-order valence-corrected chi connectivity index (χ2v) is 7.50. The van der Waals surface area contributed by atoms with Crippen molar-refractivity contribution in [3.63, 3.8) is 0 Å². The van der Waals surface area contributed by atoms with Crippen LogP contribution in [0.4, 0.5) is 5.69 Å². The Balaban J connectivity index is 1.66. The standard InChI is InChI=1S/C23H18ClN3O2S/c1-25-22(28)17-6-2-15(3-7-17)12-21-23(30)27(14-16-4-8-18(24)9-5-16)19-13-26-11-10-20(19)29-21/h2-13H,14H2,1H3,(H,25,28)/b21-12-. The first-order valence-corrected chi connectivity index (χ1v) is 10.1. The lowest BCUT2D eigenvalue weighted by atomic mass is 10.1. The third kappa shape index (κ3) is 4.20. The van der Waals surface area contributed by atoms with Crippen molar-refractivity contribution in [3.05, 3.63) is 94.5 Å². The number of rotatable bonds is 4. The monoisotopic (exact) mass is 435 g/mol. The smallest absolute Gasteiger partial charge is 0.251 e. The molecule has 0 fully saturated rings. The van der Waals surface area contributed by atoms with Crippen molar-refractivity contribution in [1.29, 1.82) is 0 Å². The van der Waals surface area contributed by atoms with E-state index in [0.717, 1.165) is 16.8 Å². The van der Waals surface area contributed by atoms with Gasteiger partial charge in [0, 0.05) is 36.4 Å². The number of nitrogens with one attached hydrogen (secondary N) is 1. The van der Waals surface area contributed by atoms with E-state index in [1.54, 1.807) is 31.6 Å². The number of anilines is 1. The first kappa shape index (κ1) is 20.1. The van der Waals surface area contributed by atoms with E-state index in [9.17, 15) is 4.79 Å². The number of carbonyl (C=O) groups excluding carboxylic acids is 1. The summed E-state index contributed by atoms with van der Waals surface area (Å²) >= 11 is 11.8. The zero-order valence-corrected chi connectivity index (χ0v) is 17.7. The van der Waals surface area contributed by atoms with Crippen LogP contribution in [0.2, 0.25) is 5.02 Å². The summed E-state index contributed by atoms with van der Waals surface area (Å²) in [4.78, 5) is 18.5. The Morgan fingerprint density at radius 2 is 1.90 bits per heavy atom. The Kier molecular flexibility index (Phi) is 5.79. The number of halogens is 1. The van der Waals surface area contributed by atoms with Crippen molar-refractivity contribution in [2.75, 3.05) is 11.9 Å². The molecular weight excluding hydrogens is 418 g/mol. The van der Waals surface area contributed by atoms with Gasteiger partial charge < -0.3 is 15.0 Å². The van der Waals surface area contributed by atoms with E-state index in [1.807, 2.05) is 53.4 Å². The molecule has 5 nitrogen and oxygen atoms in total. The number of amides is 1. The maximum Gasteiger partial charge on any atom is 0.251 e. The van der Waals surface area contributed by atoms with Gasteiger partial charge in [-0.1, -0.05) is 48.1 Å². The Hall–Kier alpha value is -3.22. The van der Waals surface area contributed by atoms with E-state index in [4.69, 9.17) is 28.6 Å². The van der Waals surface area contributed by atoms with Crippen LogP contribution >= 0.6 is 23.8 Å². The summed E-state index contributed by atoms with van der Waals surface area (Å²) in [7, 11) is 1.61. The highest BCUT2D eigenvalue weighted by molar-refractivity contribution is 7.81. The average Bonchev–Trinajstić information content (AvgIpc) is 2.78. The molecule has 1 amide bonds. The van der Waals surface area contributed by atoms with E-state index in [1.165, 1.54) is 0 Å². The highest BCUT2D eigenvalue weighted by atomic mass is 35.5. The molecule has 7 heteroatoms. The van der Waals surface area contributed by atoms with Gasteiger partial charge in [0.1, 0.15) is 10.7 Å². The zero-order chi connectivity index (χ0) is 21.1. The van der Waals surface area contributed by atoms with Crippen molar-refractivity contribution in [3.8, 4) is 5.75 Å². The highest BCUT2D eigenvalue weighted by Crippen LogP contribution is 2.36. The third-order valence-corrected chi connectivity index (χ3v) is 5.35. The fraction of sp³-hybridized carbons (Fsp3) is 0.0870. The minimum absolute atomic E-state index is 0.130. The van der Waals surface area contributed by atoms with Crippen molar-refractivity contribution >= 4 is 46.5 Å². The summed E-state index contributed by atoms with van der Waals surface area (Å²) < 4.78 is 6.07. The topological polar surface area (TPSA) is 54.5 Å². The highest BCUT2D eigenvalue weighted by Gasteiger charge is 2.27. The van der Waals surface area contributed by atoms with Gasteiger partial charge in [-0.3, -0.25) is 9.78 Å². The number of aromatic nitrogens is 1. The summed E-state index contributed by atoms with van der Waals surface area (Å²) in [6.45, 7) is 0.561. The molecule has 1 aliphatic heterocycles. The molecule has 1 N–H and O–H groups in total. The summed E-state index contributed by atoms with van der Waals surface area (Å²) in [6.07, 6.45) is 5.30. The molecule has 2 aromatic carbocycles. The quantitative estimate of drug-likeness (QED) is 0.468. The lowest BCUT2D eigenvalue weighted by Gasteiger charge is -2.32. The van der Waals surface area contributed by atoms with Crippen molar-refractivity contribution in [1.82, 2.24) is 10.3 Å². The summed E-state index contributed by atoms with van der Waals surface area (Å²) in [5.74, 6) is 1.11. The number of fused-ring (bicyclic) bond motifs is 1. The maximum absolute atomic E-state index is 11.7. The molecule has 30 heavy (non-hydrogen) atoms. The van der Waals surface area contributed by atoms with Crippen LogP contribution in [-0.2, 0) is 6.54 Å². The number of nitrogens with zero attached hydrogens (tertiary/aromatic N) is 2. The molecule has 1 aliphatic rings. The van der Waals surface area contributed by atoms with Gasteiger partial charge in [0.15, 0.2) is 11.5 Å². The van der Waals surface area contributed by atoms with Gasteiger partial charge in [-0.25, -0.2) is 0 Å². The third-order valence-electron chi connectivity index (χ3n) is 4.68. The first-order valence-electron chi connectivity index (χ1n) is 9.27. The normalized spacial score (nSPS) is 14.3. The van der Waals surface area contributed by atoms with E-state index >= 15 is 0 Å². The number of hydrogen-bond donors (Lipinski definition) is 1. The summed E-state index contributed by atoms with van der Waals surface area (Å²) in [5.41, 5.74) is 3.34. The molecule has 3 aromatic rings. The number of thiocarbonyl (C=S) groups is 1. The molecule has 0 saturated carbocycles. The summed E-state index contributed by atoms with van der Waals surface area (Å²) in [6, 6.07) is 16.7. The van der Waals surface area contributed by atoms with Crippen LogP contribution in [0.25, 0.3) is 6.08 Å². The molecule has 0 aliphatic carbocycles. The SMILES string of the molecule is CNC(=O)c1ccc(/C=C2\Oc3ccncc3N(Cc3ccc(Cl)cc3)C2=S)cc1. The van der Waals surface area contributed by atoms with Crippen LogP contribution in [0.1, 0.15) is 21.5 Å². The number of ether oxygens (including phenoxy) is 1. The second-order valence-electron chi connectivity index (χ2n) is 6.67. The van der Waals surface area contributed by atoms with Gasteiger partial charge in [-0.2, -0.15) is 0 Å². The summed E-state index contributed by atoms with van der Waals surface area (Å²) in [5, 5.41) is 3.30. The van der Waals surface area contributed by atoms with Gasteiger partial charge in [0.05, 0.1) is 6.20 Å². The van der Waals surface area contributed by atoms with E-state index in [2.05, 4.69) is 10.3 Å². The largest absolute Gasteiger partial charge is 0.452 e. The lowest BCUT2D eigenvalue weighted by Crippen LogP contribution is -2.35. The predicted octanol–water partition coefficient (Wildman–Crippen LogP) is 4.86. The number of pyridine rings is 1. The number of benzene rings is 2. The van der Waals surface area contributed by atoms with Crippen molar-refractivity contribution < 1.29 is 9.53 Å². The van der Waals surface area contributed by atoms with Crippen molar-refractivity contribution in [2.24, 2.45) is 0 Å². The van der Waals surface area contributed by atoms with Gasteiger partial charge in [0.2, 0.25) is 0 Å². The van der Waals surface area contributed by atoms with Crippen LogP contribution in [0.5, 0.6) is 5.75 Å².